The van der Waals surface area contributed by atoms with Gasteiger partial charge in [0.2, 0.25) is 0 Å². The Bertz CT molecular complexity index is 1390. The molecule has 1 aliphatic rings. The third kappa shape index (κ3) is 4.56. The van der Waals surface area contributed by atoms with Gasteiger partial charge in [0.1, 0.15) is 23.6 Å². The van der Waals surface area contributed by atoms with Crippen molar-refractivity contribution in [2.24, 2.45) is 0 Å². The van der Waals surface area contributed by atoms with Crippen LogP contribution in [0.2, 0.25) is 0 Å². The third-order valence-corrected chi connectivity index (χ3v) is 5.91. The summed E-state index contributed by atoms with van der Waals surface area (Å²) in [6.45, 7) is 4.81. The molecule has 1 unspecified atom stereocenters. The van der Waals surface area contributed by atoms with Gasteiger partial charge in [-0.3, -0.25) is 10.2 Å². The molecule has 2 aromatic carbocycles. The van der Waals surface area contributed by atoms with Crippen LogP contribution >= 0.6 is 0 Å². The van der Waals surface area contributed by atoms with Gasteiger partial charge in [-0.1, -0.05) is 18.7 Å². The number of nitrogen functional groups attached to an aromatic ring is 1. The molecule has 1 saturated heterocycles. The fraction of sp³-hybridized carbons (Fsp3) is 0.200. The first-order valence-corrected chi connectivity index (χ1v) is 11.2. The highest BCUT2D eigenvalue weighted by Gasteiger charge is 2.27. The van der Waals surface area contributed by atoms with Crippen molar-refractivity contribution in [3.63, 3.8) is 0 Å². The summed E-state index contributed by atoms with van der Waals surface area (Å²) >= 11 is 0. The molecule has 5 rings (SSSR count). The fourth-order valence-corrected chi connectivity index (χ4v) is 4.24. The van der Waals surface area contributed by atoms with E-state index in [0.717, 1.165) is 24.9 Å². The molecule has 0 bridgehead atoms. The van der Waals surface area contributed by atoms with E-state index in [4.69, 9.17) is 15.6 Å². The lowest BCUT2D eigenvalue weighted by atomic mass is 10.1. The zero-order valence-electron chi connectivity index (χ0n) is 18.9. The number of hydrogen-bond acceptors (Lipinski definition) is 7. The van der Waals surface area contributed by atoms with E-state index in [1.165, 1.54) is 18.5 Å². The van der Waals surface area contributed by atoms with Gasteiger partial charge in [-0.2, -0.15) is 5.10 Å². The van der Waals surface area contributed by atoms with Crippen LogP contribution in [0.1, 0.15) is 18.9 Å². The molecule has 3 N–H and O–H groups in total. The number of piperidine rings is 1. The number of para-hydroxylation sites is 1. The van der Waals surface area contributed by atoms with Crippen molar-refractivity contribution >= 4 is 22.8 Å². The fourth-order valence-electron chi connectivity index (χ4n) is 4.24. The van der Waals surface area contributed by atoms with Gasteiger partial charge >= 0.3 is 0 Å². The van der Waals surface area contributed by atoms with Gasteiger partial charge in [0.15, 0.2) is 17.2 Å². The molecule has 3 heterocycles. The van der Waals surface area contributed by atoms with E-state index in [9.17, 15) is 9.18 Å². The van der Waals surface area contributed by atoms with Crippen LogP contribution in [0.25, 0.3) is 22.3 Å². The first-order chi connectivity index (χ1) is 17.0. The van der Waals surface area contributed by atoms with E-state index < -0.39 is 5.82 Å². The van der Waals surface area contributed by atoms with Crippen LogP contribution in [0.3, 0.4) is 0 Å². The topological polar surface area (TPSA) is 111 Å². The highest BCUT2D eigenvalue weighted by Crippen LogP contribution is 2.34. The van der Waals surface area contributed by atoms with Crippen molar-refractivity contribution in [3.05, 3.63) is 73.3 Å². The molecule has 0 radical (unpaired) electrons. The number of nitrogens with zero attached hydrogens (tertiary/aromatic N) is 5. The number of amides is 1. The Morgan fingerprint density at radius 3 is 2.77 bits per heavy atom. The molecule has 1 aliphatic heterocycles. The summed E-state index contributed by atoms with van der Waals surface area (Å²) in [5.41, 5.74) is 11.1. The number of hydrazine groups is 1. The second kappa shape index (κ2) is 9.51. The van der Waals surface area contributed by atoms with E-state index >= 15 is 0 Å². The summed E-state index contributed by atoms with van der Waals surface area (Å²) in [4.78, 5) is 20.4. The van der Waals surface area contributed by atoms with Crippen LogP contribution in [0.4, 0.5) is 10.2 Å². The smallest absolute Gasteiger partial charge is 0.257 e. The van der Waals surface area contributed by atoms with E-state index in [0.29, 0.717) is 34.8 Å². The Morgan fingerprint density at radius 1 is 1.20 bits per heavy atom. The maximum atomic E-state index is 13.9. The van der Waals surface area contributed by atoms with Crippen molar-refractivity contribution in [1.29, 1.82) is 0 Å². The van der Waals surface area contributed by atoms with E-state index in [1.807, 2.05) is 21.8 Å². The lowest BCUT2D eigenvalue weighted by molar-refractivity contribution is -0.121. The average Bonchev–Trinajstić information content (AvgIpc) is 3.27. The van der Waals surface area contributed by atoms with E-state index in [1.54, 1.807) is 30.3 Å². The Kier molecular flexibility index (Phi) is 6.11. The van der Waals surface area contributed by atoms with Gasteiger partial charge in [-0.05, 0) is 55.3 Å². The monoisotopic (exact) mass is 473 g/mol. The number of benzene rings is 2. The summed E-state index contributed by atoms with van der Waals surface area (Å²) < 4.78 is 21.5. The SMILES string of the molecule is C=CC(=O)NN1CCCC(n2nc(-c3ccc(Oc4ccccc4F)cc3)c3c(N)ncnc32)C1. The van der Waals surface area contributed by atoms with Gasteiger partial charge in [-0.25, -0.2) is 24.0 Å². The number of carbonyl (C=O) groups excluding carboxylic acids is 1. The number of rotatable bonds is 6. The van der Waals surface area contributed by atoms with Crippen LogP contribution < -0.4 is 15.9 Å². The maximum absolute atomic E-state index is 13.9. The minimum atomic E-state index is -0.433. The van der Waals surface area contributed by atoms with Crippen molar-refractivity contribution < 1.29 is 13.9 Å². The first-order valence-electron chi connectivity index (χ1n) is 11.2. The number of halogens is 1. The Balaban J connectivity index is 1.47. The molecule has 10 heteroatoms. The Labute approximate surface area is 201 Å². The molecule has 35 heavy (non-hydrogen) atoms. The summed E-state index contributed by atoms with van der Waals surface area (Å²) in [5, 5.41) is 7.40. The molecule has 0 saturated carbocycles. The Hall–Kier alpha value is -4.31. The number of aromatic nitrogens is 4. The molecule has 178 valence electrons. The Morgan fingerprint density at radius 2 is 2.00 bits per heavy atom. The largest absolute Gasteiger partial charge is 0.454 e. The molecular weight excluding hydrogens is 449 g/mol. The lowest BCUT2D eigenvalue weighted by Crippen LogP contribution is -2.47. The molecule has 1 atom stereocenters. The van der Waals surface area contributed by atoms with Gasteiger partial charge in [0.05, 0.1) is 11.4 Å². The minimum Gasteiger partial charge on any atom is -0.454 e. The second-order valence-corrected chi connectivity index (χ2v) is 8.23. The molecule has 2 aromatic heterocycles. The molecule has 4 aromatic rings. The third-order valence-electron chi connectivity index (χ3n) is 5.91. The van der Waals surface area contributed by atoms with Gasteiger partial charge in [0, 0.05) is 18.7 Å². The summed E-state index contributed by atoms with van der Waals surface area (Å²) in [5.74, 6) is 0.291. The number of hydrogen-bond donors (Lipinski definition) is 2. The molecule has 0 aliphatic carbocycles. The van der Waals surface area contributed by atoms with Crippen LogP contribution in [0, 0.1) is 5.82 Å². The van der Waals surface area contributed by atoms with Gasteiger partial charge in [-0.15, -0.1) is 0 Å². The molecule has 1 amide bonds. The maximum Gasteiger partial charge on any atom is 0.257 e. The molecule has 0 spiro atoms. The summed E-state index contributed by atoms with van der Waals surface area (Å²) in [6, 6.07) is 13.4. The standard InChI is InChI=1S/C25H24FN7O2/c1-2-21(34)30-32-13-5-6-17(14-32)33-25-22(24(27)28-15-29-25)23(31-33)16-9-11-18(12-10-16)35-20-8-4-3-7-19(20)26/h2-4,7-12,15,17H,1,5-6,13-14H2,(H,30,34)(H2,27,28,29). The number of fused-ring (bicyclic) bond motifs is 1. The van der Waals surface area contributed by atoms with Crippen LogP contribution in [-0.4, -0.2) is 43.8 Å². The number of carbonyl (C=O) groups is 1. The van der Waals surface area contributed by atoms with E-state index in [-0.39, 0.29) is 17.7 Å². The molecule has 9 nitrogen and oxygen atoms in total. The second-order valence-electron chi connectivity index (χ2n) is 8.23. The number of nitrogens with two attached hydrogens (primary N) is 1. The summed E-state index contributed by atoms with van der Waals surface area (Å²) in [6.07, 6.45) is 4.42. The molecule has 1 fully saturated rings. The van der Waals surface area contributed by atoms with E-state index in [2.05, 4.69) is 22.0 Å². The van der Waals surface area contributed by atoms with Crippen molar-refractivity contribution in [2.45, 2.75) is 18.9 Å². The van der Waals surface area contributed by atoms with Crippen LogP contribution in [0.5, 0.6) is 11.5 Å². The van der Waals surface area contributed by atoms with Crippen LogP contribution in [0.15, 0.2) is 67.5 Å². The van der Waals surface area contributed by atoms with Crippen molar-refractivity contribution in [3.8, 4) is 22.8 Å². The van der Waals surface area contributed by atoms with Crippen LogP contribution in [-0.2, 0) is 4.79 Å². The molecular formula is C25H24FN7O2. The highest BCUT2D eigenvalue weighted by atomic mass is 19.1. The predicted octanol–water partition coefficient (Wildman–Crippen LogP) is 3.86. The quantitative estimate of drug-likeness (QED) is 0.409. The predicted molar refractivity (Wildman–Crippen MR) is 130 cm³/mol. The zero-order valence-corrected chi connectivity index (χ0v) is 18.9. The number of nitrogens with one attached hydrogen (secondary N) is 1. The summed E-state index contributed by atoms with van der Waals surface area (Å²) in [7, 11) is 0. The minimum absolute atomic E-state index is 0.0249. The first kappa shape index (κ1) is 22.5. The highest BCUT2D eigenvalue weighted by molar-refractivity contribution is 5.98. The average molecular weight is 474 g/mol. The number of ether oxygens (including phenoxy) is 1. The van der Waals surface area contributed by atoms with Gasteiger partial charge < -0.3 is 10.5 Å². The van der Waals surface area contributed by atoms with Crippen molar-refractivity contribution in [2.75, 3.05) is 18.8 Å². The number of anilines is 1. The normalized spacial score (nSPS) is 16.2. The zero-order chi connectivity index (χ0) is 24.4. The van der Waals surface area contributed by atoms with Gasteiger partial charge in [0.25, 0.3) is 5.91 Å². The van der Waals surface area contributed by atoms with Crippen molar-refractivity contribution in [1.82, 2.24) is 30.2 Å². The lowest BCUT2D eigenvalue weighted by Gasteiger charge is -2.32.